The van der Waals surface area contributed by atoms with Gasteiger partial charge in [-0.05, 0) is 25.8 Å². The van der Waals surface area contributed by atoms with Gasteiger partial charge in [-0.1, -0.05) is 43.2 Å². The van der Waals surface area contributed by atoms with Crippen LogP contribution >= 0.6 is 0 Å². The third kappa shape index (κ3) is 3.84. The fraction of sp³-hybridized carbons (Fsp3) is 0.529. The highest BCUT2D eigenvalue weighted by Gasteiger charge is 2.33. The van der Waals surface area contributed by atoms with Crippen LogP contribution in [0.3, 0.4) is 0 Å². The molecule has 4 heteroatoms. The maximum atomic E-state index is 12.7. The molecule has 0 spiro atoms. The minimum atomic E-state index is -0.377. The second-order valence-electron chi connectivity index (χ2n) is 5.91. The fourth-order valence-corrected chi connectivity index (χ4v) is 2.72. The summed E-state index contributed by atoms with van der Waals surface area (Å²) in [6.45, 7) is 6.58. The van der Waals surface area contributed by atoms with Crippen LogP contribution in [0.1, 0.15) is 44.2 Å². The Balaban J connectivity index is 2.19. The summed E-state index contributed by atoms with van der Waals surface area (Å²) in [7, 11) is 0. The van der Waals surface area contributed by atoms with Gasteiger partial charge in [-0.15, -0.1) is 0 Å². The molecule has 1 aromatic rings. The molecule has 0 radical (unpaired) electrons. The quantitative estimate of drug-likeness (QED) is 0.925. The van der Waals surface area contributed by atoms with E-state index in [0.29, 0.717) is 19.4 Å². The fourth-order valence-electron chi connectivity index (χ4n) is 2.72. The maximum Gasteiger partial charge on any atom is 0.245 e. The predicted molar refractivity (Wildman–Crippen MR) is 82.6 cm³/mol. The highest BCUT2D eigenvalue weighted by atomic mass is 16.2. The standard InChI is InChI=1S/C17H24N2O2/c1-4-5-15-17(21)19(13(3)10-16(20)18-15)11-14-8-6-12(2)7-9-14/h6-9,13,15H,4-5,10-11H2,1-3H3,(H,18,20). The topological polar surface area (TPSA) is 49.4 Å². The van der Waals surface area contributed by atoms with Crippen LogP contribution in [0.2, 0.25) is 0 Å². The first kappa shape index (κ1) is 15.5. The lowest BCUT2D eigenvalue weighted by Crippen LogP contribution is -2.45. The molecular weight excluding hydrogens is 264 g/mol. The SMILES string of the molecule is CCCC1NC(=O)CC(C)N(Cc2ccc(C)cc2)C1=O. The zero-order valence-electron chi connectivity index (χ0n) is 13.1. The average molecular weight is 288 g/mol. The summed E-state index contributed by atoms with van der Waals surface area (Å²) in [5, 5.41) is 2.85. The Morgan fingerprint density at radius 2 is 1.90 bits per heavy atom. The van der Waals surface area contributed by atoms with Crippen molar-refractivity contribution in [3.8, 4) is 0 Å². The molecule has 1 fully saturated rings. The molecule has 1 aliphatic heterocycles. The first-order valence-corrected chi connectivity index (χ1v) is 7.66. The van der Waals surface area contributed by atoms with Gasteiger partial charge < -0.3 is 10.2 Å². The molecule has 1 aromatic carbocycles. The smallest absolute Gasteiger partial charge is 0.245 e. The number of hydrogen-bond acceptors (Lipinski definition) is 2. The Hall–Kier alpha value is -1.84. The molecule has 2 rings (SSSR count). The zero-order chi connectivity index (χ0) is 15.4. The number of rotatable bonds is 4. The van der Waals surface area contributed by atoms with Crippen LogP contribution in [-0.2, 0) is 16.1 Å². The summed E-state index contributed by atoms with van der Waals surface area (Å²) in [4.78, 5) is 26.4. The van der Waals surface area contributed by atoms with E-state index in [1.807, 2.05) is 37.8 Å². The van der Waals surface area contributed by atoms with Gasteiger partial charge in [-0.3, -0.25) is 9.59 Å². The van der Waals surface area contributed by atoms with E-state index in [1.54, 1.807) is 0 Å². The van der Waals surface area contributed by atoms with E-state index in [9.17, 15) is 9.59 Å². The summed E-state index contributed by atoms with van der Waals surface area (Å²) in [5.41, 5.74) is 2.31. The van der Waals surface area contributed by atoms with Crippen LogP contribution in [0.25, 0.3) is 0 Å². The molecule has 1 heterocycles. The second kappa shape index (κ2) is 6.74. The largest absolute Gasteiger partial charge is 0.344 e. The van der Waals surface area contributed by atoms with Crippen LogP contribution in [-0.4, -0.2) is 28.8 Å². The number of carbonyl (C=O) groups excluding carboxylic acids is 2. The highest BCUT2D eigenvalue weighted by Crippen LogP contribution is 2.17. The van der Waals surface area contributed by atoms with E-state index in [4.69, 9.17) is 0 Å². The summed E-state index contributed by atoms with van der Waals surface area (Å²) < 4.78 is 0. The minimum absolute atomic E-state index is 0.0271. The molecule has 1 aliphatic rings. The van der Waals surface area contributed by atoms with E-state index in [1.165, 1.54) is 5.56 Å². The summed E-state index contributed by atoms with van der Waals surface area (Å²) >= 11 is 0. The van der Waals surface area contributed by atoms with Gasteiger partial charge in [0.2, 0.25) is 11.8 Å². The van der Waals surface area contributed by atoms with Crippen molar-refractivity contribution in [2.24, 2.45) is 0 Å². The van der Waals surface area contributed by atoms with Crippen molar-refractivity contribution in [2.45, 2.75) is 58.7 Å². The van der Waals surface area contributed by atoms with Crippen molar-refractivity contribution in [1.29, 1.82) is 0 Å². The van der Waals surface area contributed by atoms with Crippen LogP contribution < -0.4 is 5.32 Å². The molecule has 0 bridgehead atoms. The van der Waals surface area contributed by atoms with Crippen LogP contribution in [0.4, 0.5) is 0 Å². The number of benzene rings is 1. The number of nitrogens with zero attached hydrogens (tertiary/aromatic N) is 1. The molecule has 1 saturated heterocycles. The molecule has 114 valence electrons. The minimum Gasteiger partial charge on any atom is -0.344 e. The second-order valence-corrected chi connectivity index (χ2v) is 5.91. The van der Waals surface area contributed by atoms with Crippen LogP contribution in [0.15, 0.2) is 24.3 Å². The number of aryl methyl sites for hydroxylation is 1. The average Bonchev–Trinajstić information content (AvgIpc) is 2.53. The third-order valence-corrected chi connectivity index (χ3v) is 3.98. The monoisotopic (exact) mass is 288 g/mol. The van der Waals surface area contributed by atoms with Crippen molar-refractivity contribution >= 4 is 11.8 Å². The molecule has 0 saturated carbocycles. The van der Waals surface area contributed by atoms with Gasteiger partial charge in [0.05, 0.1) is 0 Å². The molecule has 2 atom stereocenters. The van der Waals surface area contributed by atoms with Crippen molar-refractivity contribution in [1.82, 2.24) is 10.2 Å². The van der Waals surface area contributed by atoms with Gasteiger partial charge in [0.15, 0.2) is 0 Å². The lowest BCUT2D eigenvalue weighted by atomic mass is 10.1. The number of hydrogen-bond donors (Lipinski definition) is 1. The van der Waals surface area contributed by atoms with Crippen LogP contribution in [0, 0.1) is 6.92 Å². The van der Waals surface area contributed by atoms with Gasteiger partial charge in [-0.25, -0.2) is 0 Å². The molecule has 1 N–H and O–H groups in total. The maximum absolute atomic E-state index is 12.7. The Kier molecular flexibility index (Phi) is 4.99. The number of carbonyl (C=O) groups is 2. The van der Waals surface area contributed by atoms with Crippen molar-refractivity contribution in [3.05, 3.63) is 35.4 Å². The lowest BCUT2D eigenvalue weighted by Gasteiger charge is -2.28. The van der Waals surface area contributed by atoms with E-state index >= 15 is 0 Å². The van der Waals surface area contributed by atoms with E-state index in [2.05, 4.69) is 17.4 Å². The summed E-state index contributed by atoms with van der Waals surface area (Å²) in [6, 6.07) is 7.75. The first-order valence-electron chi connectivity index (χ1n) is 7.66. The normalized spacial score (nSPS) is 22.9. The molecular formula is C17H24N2O2. The van der Waals surface area contributed by atoms with Gasteiger partial charge in [-0.2, -0.15) is 0 Å². The van der Waals surface area contributed by atoms with Gasteiger partial charge in [0.25, 0.3) is 0 Å². The molecule has 0 aromatic heterocycles. The molecule has 0 aliphatic carbocycles. The summed E-state index contributed by atoms with van der Waals surface area (Å²) in [5.74, 6) is 0.0106. The number of nitrogens with one attached hydrogen (secondary N) is 1. The van der Waals surface area contributed by atoms with Crippen molar-refractivity contribution in [2.75, 3.05) is 0 Å². The predicted octanol–water partition coefficient (Wildman–Crippen LogP) is 2.40. The lowest BCUT2D eigenvalue weighted by molar-refractivity contribution is -0.135. The first-order chi connectivity index (χ1) is 10.0. The van der Waals surface area contributed by atoms with E-state index < -0.39 is 0 Å². The van der Waals surface area contributed by atoms with Crippen molar-refractivity contribution in [3.63, 3.8) is 0 Å². The van der Waals surface area contributed by atoms with E-state index in [-0.39, 0.29) is 23.9 Å². The van der Waals surface area contributed by atoms with Crippen LogP contribution in [0.5, 0.6) is 0 Å². The molecule has 2 unspecified atom stereocenters. The van der Waals surface area contributed by atoms with Gasteiger partial charge in [0.1, 0.15) is 6.04 Å². The van der Waals surface area contributed by atoms with Crippen molar-refractivity contribution < 1.29 is 9.59 Å². The Bertz CT molecular complexity index is 510. The Morgan fingerprint density at radius 3 is 2.52 bits per heavy atom. The molecule has 2 amide bonds. The molecule has 4 nitrogen and oxygen atoms in total. The highest BCUT2D eigenvalue weighted by molar-refractivity contribution is 5.90. The van der Waals surface area contributed by atoms with E-state index in [0.717, 1.165) is 12.0 Å². The summed E-state index contributed by atoms with van der Waals surface area (Å²) in [6.07, 6.45) is 1.95. The molecule has 21 heavy (non-hydrogen) atoms. The Morgan fingerprint density at radius 1 is 1.24 bits per heavy atom. The van der Waals surface area contributed by atoms with Gasteiger partial charge >= 0.3 is 0 Å². The Labute approximate surface area is 126 Å². The third-order valence-electron chi connectivity index (χ3n) is 3.98. The van der Waals surface area contributed by atoms with Gasteiger partial charge in [0, 0.05) is 19.0 Å². The zero-order valence-corrected chi connectivity index (χ0v) is 13.1. The number of amides is 2.